The SMILES string of the molecule is CC(CC(=O)Nc1cccc(Cl)c1Cl)=NNC(=O)c1ccc([N+](=O)[O-])c(Cl)c1. The average Bonchev–Trinajstić information content (AvgIpc) is 2.63. The molecule has 28 heavy (non-hydrogen) atoms. The zero-order valence-corrected chi connectivity index (χ0v) is 16.6. The van der Waals surface area contributed by atoms with Gasteiger partial charge < -0.3 is 5.32 Å². The number of nitro benzene ring substituents is 1. The first-order chi connectivity index (χ1) is 13.2. The lowest BCUT2D eigenvalue weighted by atomic mass is 10.2. The van der Waals surface area contributed by atoms with Crippen LogP contribution in [0.4, 0.5) is 11.4 Å². The fourth-order valence-electron chi connectivity index (χ4n) is 2.07. The summed E-state index contributed by atoms with van der Waals surface area (Å²) >= 11 is 17.7. The maximum absolute atomic E-state index is 12.1. The number of hydrazone groups is 1. The molecule has 2 rings (SSSR count). The Labute approximate surface area is 174 Å². The monoisotopic (exact) mass is 442 g/mol. The van der Waals surface area contributed by atoms with Crippen molar-refractivity contribution < 1.29 is 14.5 Å². The first-order valence-corrected chi connectivity index (χ1v) is 8.83. The minimum absolute atomic E-state index is 0.0855. The van der Waals surface area contributed by atoms with E-state index in [0.29, 0.717) is 16.4 Å². The Morgan fingerprint density at radius 3 is 2.50 bits per heavy atom. The Morgan fingerprint density at radius 1 is 1.14 bits per heavy atom. The van der Waals surface area contributed by atoms with Crippen LogP contribution < -0.4 is 10.7 Å². The van der Waals surface area contributed by atoms with Crippen molar-refractivity contribution in [2.45, 2.75) is 13.3 Å². The number of nitro groups is 1. The Hall–Kier alpha value is -2.68. The van der Waals surface area contributed by atoms with E-state index in [2.05, 4.69) is 15.8 Å². The van der Waals surface area contributed by atoms with Crippen molar-refractivity contribution in [3.05, 3.63) is 67.1 Å². The highest BCUT2D eigenvalue weighted by molar-refractivity contribution is 6.44. The van der Waals surface area contributed by atoms with Crippen LogP contribution >= 0.6 is 34.8 Å². The lowest BCUT2D eigenvalue weighted by Crippen LogP contribution is -2.21. The van der Waals surface area contributed by atoms with Crippen molar-refractivity contribution >= 4 is 63.7 Å². The Morgan fingerprint density at radius 2 is 1.86 bits per heavy atom. The van der Waals surface area contributed by atoms with Crippen LogP contribution in [-0.2, 0) is 4.79 Å². The number of benzene rings is 2. The number of hydrogen-bond donors (Lipinski definition) is 2. The largest absolute Gasteiger partial charge is 0.324 e. The minimum Gasteiger partial charge on any atom is -0.324 e. The molecule has 2 aromatic carbocycles. The van der Waals surface area contributed by atoms with Crippen LogP contribution in [0.15, 0.2) is 41.5 Å². The highest BCUT2D eigenvalue weighted by Gasteiger charge is 2.15. The summed E-state index contributed by atoms with van der Waals surface area (Å²) in [4.78, 5) is 34.2. The summed E-state index contributed by atoms with van der Waals surface area (Å²) in [7, 11) is 0. The normalized spacial score (nSPS) is 11.1. The van der Waals surface area contributed by atoms with Crippen molar-refractivity contribution in [2.24, 2.45) is 5.10 Å². The molecule has 146 valence electrons. The van der Waals surface area contributed by atoms with Gasteiger partial charge in [0.05, 0.1) is 27.1 Å². The summed E-state index contributed by atoms with van der Waals surface area (Å²) in [5.41, 5.74) is 2.71. The smallest absolute Gasteiger partial charge is 0.287 e. The molecule has 2 amide bonds. The summed E-state index contributed by atoms with van der Waals surface area (Å²) in [6.45, 7) is 1.54. The van der Waals surface area contributed by atoms with E-state index in [-0.39, 0.29) is 27.7 Å². The maximum Gasteiger partial charge on any atom is 0.287 e. The van der Waals surface area contributed by atoms with Gasteiger partial charge >= 0.3 is 0 Å². The van der Waals surface area contributed by atoms with Crippen LogP contribution in [0, 0.1) is 10.1 Å². The zero-order valence-electron chi connectivity index (χ0n) is 14.3. The number of halogens is 3. The quantitative estimate of drug-likeness (QED) is 0.383. The van der Waals surface area contributed by atoms with Gasteiger partial charge in [0.15, 0.2) is 0 Å². The molecule has 8 nitrogen and oxygen atoms in total. The van der Waals surface area contributed by atoms with E-state index in [1.807, 2.05) is 0 Å². The first kappa shape index (κ1) is 21.6. The molecule has 0 aromatic heterocycles. The number of amides is 2. The molecule has 0 unspecified atom stereocenters. The molecule has 0 heterocycles. The minimum atomic E-state index is -0.656. The fourth-order valence-corrected chi connectivity index (χ4v) is 2.67. The van der Waals surface area contributed by atoms with Crippen LogP contribution in [0.1, 0.15) is 23.7 Å². The fraction of sp³-hybridized carbons (Fsp3) is 0.118. The lowest BCUT2D eigenvalue weighted by molar-refractivity contribution is -0.384. The lowest BCUT2D eigenvalue weighted by Gasteiger charge is -2.08. The summed E-state index contributed by atoms with van der Waals surface area (Å²) in [6, 6.07) is 8.35. The maximum atomic E-state index is 12.1. The molecule has 0 aliphatic rings. The predicted octanol–water partition coefficient (Wildman–Crippen LogP) is 4.69. The van der Waals surface area contributed by atoms with Gasteiger partial charge in [0, 0.05) is 17.3 Å². The molecule has 11 heteroatoms. The number of carbonyl (C=O) groups excluding carboxylic acids is 2. The van der Waals surface area contributed by atoms with Crippen LogP contribution in [0.3, 0.4) is 0 Å². The molecule has 0 atom stereocenters. The van der Waals surface area contributed by atoms with Crippen LogP contribution in [-0.4, -0.2) is 22.4 Å². The molecule has 0 bridgehead atoms. The zero-order chi connectivity index (χ0) is 20.8. The highest BCUT2D eigenvalue weighted by atomic mass is 35.5. The number of hydrogen-bond acceptors (Lipinski definition) is 5. The topological polar surface area (TPSA) is 114 Å². The second-order valence-electron chi connectivity index (χ2n) is 5.54. The second-order valence-corrected chi connectivity index (χ2v) is 6.73. The van der Waals surface area contributed by atoms with Gasteiger partial charge in [-0.2, -0.15) is 5.10 Å². The number of nitrogens with one attached hydrogen (secondary N) is 2. The third kappa shape index (κ3) is 5.66. The van der Waals surface area contributed by atoms with Crippen LogP contribution in [0.2, 0.25) is 15.1 Å². The van der Waals surface area contributed by atoms with Gasteiger partial charge in [-0.15, -0.1) is 0 Å². The van der Waals surface area contributed by atoms with E-state index >= 15 is 0 Å². The van der Waals surface area contributed by atoms with Crippen molar-refractivity contribution in [3.63, 3.8) is 0 Å². The molecule has 0 aliphatic heterocycles. The Balaban J connectivity index is 1.97. The molecule has 0 spiro atoms. The molecular weight excluding hydrogens is 431 g/mol. The van der Waals surface area contributed by atoms with E-state index in [9.17, 15) is 19.7 Å². The van der Waals surface area contributed by atoms with Crippen molar-refractivity contribution in [2.75, 3.05) is 5.32 Å². The van der Waals surface area contributed by atoms with Crippen molar-refractivity contribution in [1.82, 2.24) is 5.43 Å². The van der Waals surface area contributed by atoms with Gasteiger partial charge in [0.25, 0.3) is 11.6 Å². The number of rotatable bonds is 6. The molecule has 2 N–H and O–H groups in total. The molecule has 2 aromatic rings. The highest BCUT2D eigenvalue weighted by Crippen LogP contribution is 2.29. The predicted molar refractivity (Wildman–Crippen MR) is 108 cm³/mol. The Bertz CT molecular complexity index is 979. The van der Waals surface area contributed by atoms with Gasteiger partial charge in [0.1, 0.15) is 5.02 Å². The molecule has 0 saturated carbocycles. The second kappa shape index (κ2) is 9.50. The van der Waals surface area contributed by atoms with Crippen LogP contribution in [0.5, 0.6) is 0 Å². The molecule has 0 saturated heterocycles. The third-order valence-electron chi connectivity index (χ3n) is 3.40. The van der Waals surface area contributed by atoms with Gasteiger partial charge in [-0.25, -0.2) is 5.43 Å². The molecule has 0 aliphatic carbocycles. The van der Waals surface area contributed by atoms with Gasteiger partial charge in [-0.05, 0) is 31.2 Å². The van der Waals surface area contributed by atoms with Gasteiger partial charge in [-0.3, -0.25) is 19.7 Å². The van der Waals surface area contributed by atoms with E-state index in [0.717, 1.165) is 12.1 Å². The molecular formula is C17H13Cl3N4O4. The average molecular weight is 444 g/mol. The first-order valence-electron chi connectivity index (χ1n) is 7.70. The van der Waals surface area contributed by atoms with Crippen molar-refractivity contribution in [3.8, 4) is 0 Å². The van der Waals surface area contributed by atoms with Gasteiger partial charge in [-0.1, -0.05) is 40.9 Å². The number of carbonyl (C=O) groups is 2. The van der Waals surface area contributed by atoms with Gasteiger partial charge in [0.2, 0.25) is 5.91 Å². The van der Waals surface area contributed by atoms with E-state index < -0.39 is 16.7 Å². The van der Waals surface area contributed by atoms with E-state index in [1.165, 1.54) is 6.07 Å². The van der Waals surface area contributed by atoms with Crippen LogP contribution in [0.25, 0.3) is 0 Å². The van der Waals surface area contributed by atoms with E-state index in [4.69, 9.17) is 34.8 Å². The number of anilines is 1. The Kier molecular flexibility index (Phi) is 7.33. The molecule has 0 radical (unpaired) electrons. The summed E-state index contributed by atoms with van der Waals surface area (Å²) in [6.07, 6.45) is -0.107. The third-order valence-corrected chi connectivity index (χ3v) is 4.52. The summed E-state index contributed by atoms with van der Waals surface area (Å²) < 4.78 is 0. The summed E-state index contributed by atoms with van der Waals surface area (Å²) in [5.74, 6) is -1.03. The summed E-state index contributed by atoms with van der Waals surface area (Å²) in [5, 5.41) is 17.5. The standard InChI is InChI=1S/C17H13Cl3N4O4/c1-9(7-15(25)21-13-4-2-3-11(18)16(13)20)22-23-17(26)10-5-6-14(24(27)28)12(19)8-10/h2-6,8H,7H2,1H3,(H,21,25)(H,23,26). The number of nitrogens with zero attached hydrogens (tertiary/aromatic N) is 2. The van der Waals surface area contributed by atoms with E-state index in [1.54, 1.807) is 25.1 Å². The molecule has 0 fully saturated rings. The van der Waals surface area contributed by atoms with Crippen molar-refractivity contribution in [1.29, 1.82) is 0 Å².